The van der Waals surface area contributed by atoms with Crippen molar-refractivity contribution < 1.29 is 9.53 Å². The number of benzene rings is 2. The maximum atomic E-state index is 13.1. The number of hydrogen-bond donors (Lipinski definition) is 3. The fourth-order valence-electron chi connectivity index (χ4n) is 4.21. The zero-order valence-electron chi connectivity index (χ0n) is 20.0. The van der Waals surface area contributed by atoms with Crippen molar-refractivity contribution in [1.29, 1.82) is 0 Å². The van der Waals surface area contributed by atoms with Gasteiger partial charge in [-0.05, 0) is 36.8 Å². The molecule has 5 rings (SSSR count). The summed E-state index contributed by atoms with van der Waals surface area (Å²) in [6.45, 7) is 2.89. The highest BCUT2D eigenvalue weighted by Crippen LogP contribution is 2.36. The minimum Gasteiger partial charge on any atom is -0.493 e. The molecule has 0 atom stereocenters. The number of primary amides is 1. The zero-order chi connectivity index (χ0) is 25.8. The fraction of sp³-hybridized carbons (Fsp3) is 0.103. The van der Waals surface area contributed by atoms with Gasteiger partial charge < -0.3 is 20.8 Å². The predicted octanol–water partition coefficient (Wildman–Crippen LogP) is 3.99. The van der Waals surface area contributed by atoms with Crippen LogP contribution in [0.25, 0.3) is 32.8 Å². The van der Waals surface area contributed by atoms with Gasteiger partial charge in [-0.2, -0.15) is 0 Å². The first-order chi connectivity index (χ1) is 18.0. The van der Waals surface area contributed by atoms with E-state index in [1.54, 1.807) is 6.20 Å². The Morgan fingerprint density at radius 1 is 1.11 bits per heavy atom. The van der Waals surface area contributed by atoms with E-state index in [4.69, 9.17) is 15.5 Å². The van der Waals surface area contributed by atoms with Gasteiger partial charge in [-0.3, -0.25) is 14.6 Å². The van der Waals surface area contributed by atoms with Crippen molar-refractivity contribution in [3.05, 3.63) is 94.7 Å². The van der Waals surface area contributed by atoms with Crippen molar-refractivity contribution in [1.82, 2.24) is 15.0 Å². The smallest absolute Gasteiger partial charge is 0.293 e. The topological polar surface area (TPSA) is 123 Å². The summed E-state index contributed by atoms with van der Waals surface area (Å²) in [5.41, 5.74) is 8.29. The third kappa shape index (κ3) is 4.83. The molecule has 4 N–H and O–H groups in total. The Morgan fingerprint density at radius 3 is 2.73 bits per heavy atom. The van der Waals surface area contributed by atoms with Crippen molar-refractivity contribution in [2.24, 2.45) is 5.73 Å². The van der Waals surface area contributed by atoms with Gasteiger partial charge in [0.2, 0.25) is 0 Å². The highest BCUT2D eigenvalue weighted by Gasteiger charge is 2.16. The van der Waals surface area contributed by atoms with Crippen LogP contribution in [0.4, 0.5) is 5.82 Å². The highest BCUT2D eigenvalue weighted by molar-refractivity contribution is 6.12. The molecule has 0 bridgehead atoms. The summed E-state index contributed by atoms with van der Waals surface area (Å²) >= 11 is 0. The van der Waals surface area contributed by atoms with Gasteiger partial charge in [-0.25, -0.2) is 4.98 Å². The first kappa shape index (κ1) is 23.6. The molecule has 8 nitrogen and oxygen atoms in total. The maximum Gasteiger partial charge on any atom is 0.293 e. The van der Waals surface area contributed by atoms with Gasteiger partial charge in [0.25, 0.3) is 11.5 Å². The monoisotopic (exact) mass is 489 g/mol. The van der Waals surface area contributed by atoms with Gasteiger partial charge in [0.1, 0.15) is 11.6 Å². The lowest BCUT2D eigenvalue weighted by Crippen LogP contribution is -2.11. The number of hydrogen-bond acceptors (Lipinski definition) is 6. The molecule has 0 aliphatic rings. The number of para-hydroxylation sites is 1. The standard InChI is InChI=1S/C29H23N5O3/c1-2-37-24-9-4-3-8-21(24)18-10-12-22-23(15-18)26-27(19(11-13-25(30)35)16-33-29(26)36)34-28(22)32-17-20-7-5-6-14-31-20/h3-10,12,14-16H,2,17H2,1H3,(H2,30,35)(H,32,34)(H,33,36). The molecular weight excluding hydrogens is 466 g/mol. The molecule has 0 aliphatic carbocycles. The molecule has 8 heteroatoms. The average Bonchev–Trinajstić information content (AvgIpc) is 2.92. The van der Waals surface area contributed by atoms with Crippen LogP contribution in [0.15, 0.2) is 77.9 Å². The summed E-state index contributed by atoms with van der Waals surface area (Å²) in [5, 5.41) is 5.15. The lowest BCUT2D eigenvalue weighted by atomic mass is 9.98. The number of rotatable bonds is 6. The molecule has 182 valence electrons. The second kappa shape index (κ2) is 10.2. The number of amides is 1. The number of H-pyrrole nitrogens is 1. The van der Waals surface area contributed by atoms with Crippen LogP contribution in [-0.4, -0.2) is 27.5 Å². The molecular formula is C29H23N5O3. The van der Waals surface area contributed by atoms with Crippen LogP contribution in [0.5, 0.6) is 5.75 Å². The van der Waals surface area contributed by atoms with Crippen molar-refractivity contribution in [2.75, 3.05) is 11.9 Å². The lowest BCUT2D eigenvalue weighted by molar-refractivity contribution is -0.112. The quantitative estimate of drug-likeness (QED) is 0.245. The second-order valence-corrected chi connectivity index (χ2v) is 8.19. The third-order valence-electron chi connectivity index (χ3n) is 5.82. The number of aromatic amines is 1. The minimum absolute atomic E-state index is 0.316. The number of carbonyl (C=O) groups is 1. The minimum atomic E-state index is -0.775. The number of nitrogens with one attached hydrogen (secondary N) is 2. The molecule has 0 saturated heterocycles. The largest absolute Gasteiger partial charge is 0.493 e. The van der Waals surface area contributed by atoms with Gasteiger partial charge in [0.05, 0.1) is 35.3 Å². The molecule has 3 heterocycles. The SMILES string of the molecule is CCOc1ccccc1-c1ccc2c(NCc3ccccn3)nc3c(C#CC(N)=O)c[nH]c(=O)c3c2c1. The zero-order valence-corrected chi connectivity index (χ0v) is 20.0. The van der Waals surface area contributed by atoms with E-state index >= 15 is 0 Å². The first-order valence-corrected chi connectivity index (χ1v) is 11.7. The molecule has 3 aromatic heterocycles. The summed E-state index contributed by atoms with van der Waals surface area (Å²) in [5.74, 6) is 5.61. The van der Waals surface area contributed by atoms with Gasteiger partial charge in [0, 0.05) is 34.7 Å². The van der Waals surface area contributed by atoms with Crippen LogP contribution in [-0.2, 0) is 11.3 Å². The Kier molecular flexibility index (Phi) is 6.51. The summed E-state index contributed by atoms with van der Waals surface area (Å²) in [7, 11) is 0. The van der Waals surface area contributed by atoms with Gasteiger partial charge >= 0.3 is 0 Å². The number of ether oxygens (including phenoxy) is 1. The Bertz CT molecular complexity index is 1750. The summed E-state index contributed by atoms with van der Waals surface area (Å²) in [6, 6.07) is 19.3. The summed E-state index contributed by atoms with van der Waals surface area (Å²) < 4.78 is 5.84. The number of nitrogens with zero attached hydrogens (tertiary/aromatic N) is 2. The summed E-state index contributed by atoms with van der Waals surface area (Å²) in [4.78, 5) is 36.3. The van der Waals surface area contributed by atoms with Crippen molar-refractivity contribution in [3.63, 3.8) is 0 Å². The van der Waals surface area contributed by atoms with Gasteiger partial charge in [-0.1, -0.05) is 42.3 Å². The van der Waals surface area contributed by atoms with E-state index in [0.717, 1.165) is 28.0 Å². The van der Waals surface area contributed by atoms with E-state index in [2.05, 4.69) is 27.1 Å². The number of carbonyl (C=O) groups excluding carboxylic acids is 1. The fourth-order valence-corrected chi connectivity index (χ4v) is 4.21. The lowest BCUT2D eigenvalue weighted by Gasteiger charge is -2.15. The molecule has 5 aromatic rings. The van der Waals surface area contributed by atoms with Crippen LogP contribution < -0.4 is 21.3 Å². The van der Waals surface area contributed by atoms with Crippen LogP contribution in [0.3, 0.4) is 0 Å². The number of anilines is 1. The second-order valence-electron chi connectivity index (χ2n) is 8.19. The molecule has 2 aromatic carbocycles. The molecule has 0 saturated carbocycles. The van der Waals surface area contributed by atoms with Crippen LogP contribution in [0.1, 0.15) is 18.2 Å². The number of aromatic nitrogens is 3. The first-order valence-electron chi connectivity index (χ1n) is 11.7. The molecule has 0 spiro atoms. The average molecular weight is 490 g/mol. The van der Waals surface area contributed by atoms with Gasteiger partial charge in [-0.15, -0.1) is 0 Å². The Morgan fingerprint density at radius 2 is 1.95 bits per heavy atom. The van der Waals surface area contributed by atoms with E-state index in [0.29, 0.717) is 40.8 Å². The summed E-state index contributed by atoms with van der Waals surface area (Å²) in [6.07, 6.45) is 3.16. The molecule has 37 heavy (non-hydrogen) atoms. The van der Waals surface area contributed by atoms with Gasteiger partial charge in [0.15, 0.2) is 0 Å². The predicted molar refractivity (Wildman–Crippen MR) is 144 cm³/mol. The number of nitrogens with two attached hydrogens (primary N) is 1. The number of fused-ring (bicyclic) bond motifs is 3. The van der Waals surface area contributed by atoms with E-state index in [-0.39, 0.29) is 5.56 Å². The van der Waals surface area contributed by atoms with E-state index < -0.39 is 5.91 Å². The Balaban J connectivity index is 1.77. The van der Waals surface area contributed by atoms with Crippen molar-refractivity contribution >= 4 is 33.4 Å². The van der Waals surface area contributed by atoms with Crippen molar-refractivity contribution in [2.45, 2.75) is 13.5 Å². The highest BCUT2D eigenvalue weighted by atomic mass is 16.5. The maximum absolute atomic E-state index is 13.1. The molecule has 0 radical (unpaired) electrons. The van der Waals surface area contributed by atoms with E-state index in [1.807, 2.05) is 67.6 Å². The normalized spacial score (nSPS) is 10.6. The Labute approximate surface area is 212 Å². The molecule has 0 aliphatic heterocycles. The molecule has 1 amide bonds. The Hall–Kier alpha value is -5.16. The van der Waals surface area contributed by atoms with Crippen molar-refractivity contribution in [3.8, 4) is 28.7 Å². The van der Waals surface area contributed by atoms with E-state index in [9.17, 15) is 9.59 Å². The molecule has 0 unspecified atom stereocenters. The van der Waals surface area contributed by atoms with E-state index in [1.165, 1.54) is 6.20 Å². The number of pyridine rings is 3. The van der Waals surface area contributed by atoms with Crippen LogP contribution in [0.2, 0.25) is 0 Å². The van der Waals surface area contributed by atoms with Crippen LogP contribution >= 0.6 is 0 Å². The van der Waals surface area contributed by atoms with Crippen LogP contribution in [0, 0.1) is 11.8 Å². The molecule has 0 fully saturated rings. The third-order valence-corrected chi connectivity index (χ3v) is 5.82.